The van der Waals surface area contributed by atoms with Crippen molar-refractivity contribution >= 4 is 0 Å². The summed E-state index contributed by atoms with van der Waals surface area (Å²) in [6.45, 7) is 4.31. The molecule has 1 N–H and O–H groups in total. The van der Waals surface area contributed by atoms with Crippen molar-refractivity contribution in [2.24, 2.45) is 5.92 Å². The van der Waals surface area contributed by atoms with Gasteiger partial charge in [0, 0.05) is 0 Å². The first-order chi connectivity index (χ1) is 6.24. The summed E-state index contributed by atoms with van der Waals surface area (Å²) in [4.78, 5) is 0. The summed E-state index contributed by atoms with van der Waals surface area (Å²) in [6, 6.07) is 0. The third kappa shape index (κ3) is 3.23. The normalized spacial score (nSPS) is 23.4. The number of aliphatic hydroxyl groups is 1. The molecule has 74 valence electrons. The Bertz CT molecular complexity index is 204. The maximum absolute atomic E-state index is 9.09. The van der Waals surface area contributed by atoms with Crippen molar-refractivity contribution in [3.63, 3.8) is 0 Å². The summed E-state index contributed by atoms with van der Waals surface area (Å²) in [5.41, 5.74) is 1.07. The molecule has 0 aromatic heterocycles. The van der Waals surface area contributed by atoms with Gasteiger partial charge in [0.2, 0.25) is 0 Å². The highest BCUT2D eigenvalue weighted by molar-refractivity contribution is 5.09. The van der Waals surface area contributed by atoms with E-state index in [4.69, 9.17) is 9.84 Å². The minimum Gasteiger partial charge on any atom is -0.494 e. The Morgan fingerprint density at radius 1 is 1.69 bits per heavy atom. The van der Waals surface area contributed by atoms with Gasteiger partial charge in [0.05, 0.1) is 12.9 Å². The van der Waals surface area contributed by atoms with E-state index in [-0.39, 0.29) is 12.7 Å². The summed E-state index contributed by atoms with van der Waals surface area (Å²) in [6.07, 6.45) is 8.08. The lowest BCUT2D eigenvalue weighted by Crippen LogP contribution is -2.12. The lowest BCUT2D eigenvalue weighted by molar-refractivity contribution is 0.162. The molecule has 0 spiro atoms. The van der Waals surface area contributed by atoms with Gasteiger partial charge in [-0.1, -0.05) is 13.8 Å². The standard InChI is InChI=1S/C11H18O2/c1-9(2)10(8-12)7-11-5-3-4-6-13-11/h4,6-7,9,11-12H,3,5,8H2,1-2H3/b10-7-. The lowest BCUT2D eigenvalue weighted by Gasteiger charge is -2.18. The zero-order valence-electron chi connectivity index (χ0n) is 8.36. The minimum atomic E-state index is 0.140. The molecule has 1 rings (SSSR count). The third-order valence-electron chi connectivity index (χ3n) is 2.29. The molecule has 0 saturated heterocycles. The second-order valence-electron chi connectivity index (χ2n) is 3.68. The Kier molecular flexibility index (Phi) is 4.03. The Morgan fingerprint density at radius 2 is 2.46 bits per heavy atom. The molecule has 0 aromatic rings. The zero-order valence-corrected chi connectivity index (χ0v) is 8.36. The first kappa shape index (κ1) is 10.3. The fourth-order valence-corrected chi connectivity index (χ4v) is 1.34. The van der Waals surface area contributed by atoms with Gasteiger partial charge in [-0.3, -0.25) is 0 Å². The van der Waals surface area contributed by atoms with Gasteiger partial charge in [-0.25, -0.2) is 0 Å². The van der Waals surface area contributed by atoms with Crippen LogP contribution in [0, 0.1) is 5.92 Å². The van der Waals surface area contributed by atoms with Crippen LogP contribution in [0.5, 0.6) is 0 Å². The largest absolute Gasteiger partial charge is 0.494 e. The number of rotatable bonds is 3. The fraction of sp³-hybridized carbons (Fsp3) is 0.636. The molecule has 13 heavy (non-hydrogen) atoms. The quantitative estimate of drug-likeness (QED) is 0.678. The van der Waals surface area contributed by atoms with E-state index in [0.717, 1.165) is 18.4 Å². The summed E-state index contributed by atoms with van der Waals surface area (Å²) < 4.78 is 5.39. The molecule has 1 atom stereocenters. The monoisotopic (exact) mass is 182 g/mol. The molecule has 2 heteroatoms. The third-order valence-corrected chi connectivity index (χ3v) is 2.29. The highest BCUT2D eigenvalue weighted by atomic mass is 16.5. The highest BCUT2D eigenvalue weighted by Crippen LogP contribution is 2.16. The predicted octanol–water partition coefficient (Wildman–Crippen LogP) is 2.25. The van der Waals surface area contributed by atoms with Gasteiger partial charge in [-0.15, -0.1) is 0 Å². The van der Waals surface area contributed by atoms with E-state index in [1.165, 1.54) is 0 Å². The second-order valence-corrected chi connectivity index (χ2v) is 3.68. The van der Waals surface area contributed by atoms with E-state index in [9.17, 15) is 0 Å². The van der Waals surface area contributed by atoms with Crippen LogP contribution in [0.2, 0.25) is 0 Å². The summed E-state index contributed by atoms with van der Waals surface area (Å²) in [7, 11) is 0. The Labute approximate surface area is 79.9 Å². The van der Waals surface area contributed by atoms with Gasteiger partial charge >= 0.3 is 0 Å². The van der Waals surface area contributed by atoms with Crippen LogP contribution in [0.3, 0.4) is 0 Å². The molecule has 0 amide bonds. The maximum atomic E-state index is 9.09. The van der Waals surface area contributed by atoms with Gasteiger partial charge in [-0.05, 0) is 36.5 Å². The number of allylic oxidation sites excluding steroid dienone is 1. The number of aliphatic hydroxyl groups excluding tert-OH is 1. The highest BCUT2D eigenvalue weighted by Gasteiger charge is 2.10. The van der Waals surface area contributed by atoms with Crippen molar-refractivity contribution < 1.29 is 9.84 Å². The number of hydrogen-bond donors (Lipinski definition) is 1. The molecule has 0 fully saturated rings. The van der Waals surface area contributed by atoms with E-state index in [2.05, 4.69) is 13.8 Å². The van der Waals surface area contributed by atoms with Gasteiger partial charge < -0.3 is 9.84 Å². The van der Waals surface area contributed by atoms with Crippen molar-refractivity contribution in [3.8, 4) is 0 Å². The van der Waals surface area contributed by atoms with Gasteiger partial charge in [-0.2, -0.15) is 0 Å². The van der Waals surface area contributed by atoms with Crippen LogP contribution in [0.4, 0.5) is 0 Å². The van der Waals surface area contributed by atoms with Crippen molar-refractivity contribution in [3.05, 3.63) is 24.0 Å². The van der Waals surface area contributed by atoms with Crippen LogP contribution in [-0.4, -0.2) is 17.8 Å². The molecule has 0 aromatic carbocycles. The molecular weight excluding hydrogens is 164 g/mol. The maximum Gasteiger partial charge on any atom is 0.117 e. The molecular formula is C11H18O2. The first-order valence-electron chi connectivity index (χ1n) is 4.86. The predicted molar refractivity (Wildman–Crippen MR) is 53.3 cm³/mol. The van der Waals surface area contributed by atoms with E-state index < -0.39 is 0 Å². The summed E-state index contributed by atoms with van der Waals surface area (Å²) in [5.74, 6) is 0.402. The first-order valence-corrected chi connectivity index (χ1v) is 4.86. The van der Waals surface area contributed by atoms with Crippen LogP contribution in [-0.2, 0) is 4.74 Å². The van der Waals surface area contributed by atoms with Crippen molar-refractivity contribution in [2.45, 2.75) is 32.8 Å². The smallest absolute Gasteiger partial charge is 0.117 e. The summed E-state index contributed by atoms with van der Waals surface area (Å²) in [5, 5.41) is 9.09. The van der Waals surface area contributed by atoms with Gasteiger partial charge in [0.15, 0.2) is 0 Å². The molecule has 0 aliphatic carbocycles. The molecule has 0 saturated carbocycles. The van der Waals surface area contributed by atoms with E-state index >= 15 is 0 Å². The molecule has 1 aliphatic heterocycles. The van der Waals surface area contributed by atoms with Crippen molar-refractivity contribution in [1.29, 1.82) is 0 Å². The molecule has 0 radical (unpaired) electrons. The lowest BCUT2D eigenvalue weighted by atomic mass is 10.0. The van der Waals surface area contributed by atoms with Crippen molar-refractivity contribution in [1.82, 2.24) is 0 Å². The minimum absolute atomic E-state index is 0.140. The van der Waals surface area contributed by atoms with Crippen molar-refractivity contribution in [2.75, 3.05) is 6.61 Å². The van der Waals surface area contributed by atoms with E-state index in [1.54, 1.807) is 6.26 Å². The van der Waals surface area contributed by atoms with E-state index in [1.807, 2.05) is 12.2 Å². The molecule has 1 heterocycles. The van der Waals surface area contributed by atoms with Crippen LogP contribution >= 0.6 is 0 Å². The molecule has 1 unspecified atom stereocenters. The summed E-state index contributed by atoms with van der Waals surface area (Å²) >= 11 is 0. The van der Waals surface area contributed by atoms with Gasteiger partial charge in [0.25, 0.3) is 0 Å². The molecule has 2 nitrogen and oxygen atoms in total. The number of ether oxygens (including phenoxy) is 1. The molecule has 1 aliphatic rings. The number of hydrogen-bond acceptors (Lipinski definition) is 2. The Hall–Kier alpha value is -0.760. The molecule has 0 bridgehead atoms. The van der Waals surface area contributed by atoms with Crippen LogP contribution in [0.25, 0.3) is 0 Å². The van der Waals surface area contributed by atoms with E-state index in [0.29, 0.717) is 5.92 Å². The topological polar surface area (TPSA) is 29.5 Å². The SMILES string of the molecule is CC(C)/C(=C\C1CCC=CO1)CO. The van der Waals surface area contributed by atoms with Crippen LogP contribution in [0.15, 0.2) is 24.0 Å². The average molecular weight is 182 g/mol. The van der Waals surface area contributed by atoms with Crippen LogP contribution < -0.4 is 0 Å². The zero-order chi connectivity index (χ0) is 9.68. The van der Waals surface area contributed by atoms with Gasteiger partial charge in [0.1, 0.15) is 6.10 Å². The fourth-order valence-electron chi connectivity index (χ4n) is 1.34. The average Bonchev–Trinajstić information content (AvgIpc) is 2.15. The van der Waals surface area contributed by atoms with Crippen LogP contribution in [0.1, 0.15) is 26.7 Å². The Morgan fingerprint density at radius 3 is 2.92 bits per heavy atom. The Balaban J connectivity index is 2.55. The second kappa shape index (κ2) is 5.07.